The van der Waals surface area contributed by atoms with E-state index in [1.165, 1.54) is 12.1 Å². The van der Waals surface area contributed by atoms with Crippen LogP contribution >= 0.6 is 0 Å². The van der Waals surface area contributed by atoms with Crippen LogP contribution in [-0.4, -0.2) is 19.2 Å². The largest absolute Gasteiger partial charge is 0.448 e. The lowest BCUT2D eigenvalue weighted by molar-refractivity contribution is 0.156. The van der Waals surface area contributed by atoms with E-state index >= 15 is 0 Å². The van der Waals surface area contributed by atoms with E-state index in [1.54, 1.807) is 6.07 Å². The topological polar surface area (TPSA) is 64.3 Å². The summed E-state index contributed by atoms with van der Waals surface area (Å²) in [5.41, 5.74) is 5.72. The molecule has 0 aliphatic rings. The summed E-state index contributed by atoms with van der Waals surface area (Å²) in [5.74, 6) is -0.254. The number of nitrogens with one attached hydrogen (secondary N) is 1. The van der Waals surface area contributed by atoms with Gasteiger partial charge in [-0.15, -0.1) is 0 Å². The van der Waals surface area contributed by atoms with Crippen molar-refractivity contribution in [1.82, 2.24) is 5.32 Å². The molecule has 0 aromatic heterocycles. The third-order valence-electron chi connectivity index (χ3n) is 2.40. The Morgan fingerprint density at radius 1 is 1.59 bits per heavy atom. The first-order valence-corrected chi connectivity index (χ1v) is 5.54. The summed E-state index contributed by atoms with van der Waals surface area (Å²) >= 11 is 0. The highest BCUT2D eigenvalue weighted by molar-refractivity contribution is 5.64. The van der Waals surface area contributed by atoms with Gasteiger partial charge in [-0.1, -0.05) is 19.1 Å². The van der Waals surface area contributed by atoms with E-state index in [0.717, 1.165) is 12.0 Å². The number of rotatable bonds is 6. The molecule has 17 heavy (non-hydrogen) atoms. The maximum atomic E-state index is 13.0. The number of hydrogen-bond acceptors (Lipinski definition) is 3. The number of halogens is 1. The molecular weight excluding hydrogens is 223 g/mol. The molecule has 0 aliphatic carbocycles. The van der Waals surface area contributed by atoms with Gasteiger partial charge in [0, 0.05) is 12.6 Å². The summed E-state index contributed by atoms with van der Waals surface area (Å²) in [6.45, 7) is 2.69. The molecule has 1 aromatic rings. The predicted molar refractivity (Wildman–Crippen MR) is 63.0 cm³/mol. The Bertz CT molecular complexity index is 371. The van der Waals surface area contributed by atoms with Crippen molar-refractivity contribution in [3.05, 3.63) is 35.6 Å². The number of carbonyl (C=O) groups excluding carboxylic acids is 1. The number of benzene rings is 1. The average molecular weight is 240 g/mol. The molecule has 0 bridgehead atoms. The van der Waals surface area contributed by atoms with E-state index in [4.69, 9.17) is 5.73 Å². The zero-order valence-electron chi connectivity index (χ0n) is 9.78. The fraction of sp³-hybridized carbons (Fsp3) is 0.417. The standard InChI is InChI=1S/C12H17FN2O2/c1-2-11(15-6-7-17-12(14)16)9-4-3-5-10(13)8-9/h3-5,8,11,15H,2,6-7H2,1H3,(H2,14,16). The van der Waals surface area contributed by atoms with Gasteiger partial charge in [0.15, 0.2) is 0 Å². The molecular formula is C12H17FN2O2. The third-order valence-corrected chi connectivity index (χ3v) is 2.40. The lowest BCUT2D eigenvalue weighted by Gasteiger charge is -2.17. The molecule has 0 radical (unpaired) electrons. The summed E-state index contributed by atoms with van der Waals surface area (Å²) < 4.78 is 17.6. The maximum Gasteiger partial charge on any atom is 0.404 e. The SMILES string of the molecule is CCC(NCCOC(N)=O)c1cccc(F)c1. The first-order chi connectivity index (χ1) is 8.13. The minimum absolute atomic E-state index is 0.0437. The van der Waals surface area contributed by atoms with Crippen LogP contribution in [0.4, 0.5) is 9.18 Å². The third kappa shape index (κ3) is 4.82. The molecule has 4 nitrogen and oxygen atoms in total. The van der Waals surface area contributed by atoms with Crippen LogP contribution in [0.25, 0.3) is 0 Å². The molecule has 1 rings (SSSR count). The van der Waals surface area contributed by atoms with Gasteiger partial charge in [0.2, 0.25) is 0 Å². The fourth-order valence-electron chi connectivity index (χ4n) is 1.61. The second-order valence-corrected chi connectivity index (χ2v) is 3.64. The first kappa shape index (κ1) is 13.4. The van der Waals surface area contributed by atoms with Gasteiger partial charge in [-0.2, -0.15) is 0 Å². The van der Waals surface area contributed by atoms with Crippen LogP contribution in [0.15, 0.2) is 24.3 Å². The lowest BCUT2D eigenvalue weighted by Crippen LogP contribution is -2.27. The highest BCUT2D eigenvalue weighted by Gasteiger charge is 2.09. The second-order valence-electron chi connectivity index (χ2n) is 3.64. The van der Waals surface area contributed by atoms with E-state index in [1.807, 2.05) is 13.0 Å². The Balaban J connectivity index is 2.45. The number of nitrogens with two attached hydrogens (primary N) is 1. The Morgan fingerprint density at radius 3 is 2.94 bits per heavy atom. The van der Waals surface area contributed by atoms with Gasteiger partial charge in [-0.3, -0.25) is 0 Å². The minimum Gasteiger partial charge on any atom is -0.448 e. The van der Waals surface area contributed by atoms with Crippen LogP contribution in [0.1, 0.15) is 24.9 Å². The monoisotopic (exact) mass is 240 g/mol. The predicted octanol–water partition coefficient (Wildman–Crippen LogP) is 1.96. The van der Waals surface area contributed by atoms with E-state index < -0.39 is 6.09 Å². The maximum absolute atomic E-state index is 13.0. The van der Waals surface area contributed by atoms with Gasteiger partial charge in [-0.25, -0.2) is 9.18 Å². The zero-order valence-corrected chi connectivity index (χ0v) is 9.78. The Kier molecular flexibility index (Phi) is 5.42. The second kappa shape index (κ2) is 6.85. The molecule has 0 aliphatic heterocycles. The van der Waals surface area contributed by atoms with Crippen LogP contribution in [-0.2, 0) is 4.74 Å². The molecule has 0 saturated heterocycles. The van der Waals surface area contributed by atoms with Crippen LogP contribution in [0.2, 0.25) is 0 Å². The quantitative estimate of drug-likeness (QED) is 0.747. The number of ether oxygens (including phenoxy) is 1. The van der Waals surface area contributed by atoms with Crippen molar-refractivity contribution in [3.8, 4) is 0 Å². The molecule has 5 heteroatoms. The summed E-state index contributed by atoms with van der Waals surface area (Å²) in [6, 6.07) is 6.48. The van der Waals surface area contributed by atoms with Gasteiger partial charge in [0.1, 0.15) is 12.4 Å². The van der Waals surface area contributed by atoms with Crippen LogP contribution < -0.4 is 11.1 Å². The molecule has 3 N–H and O–H groups in total. The molecule has 0 heterocycles. The van der Waals surface area contributed by atoms with Crippen LogP contribution in [0, 0.1) is 5.82 Å². The number of primary amides is 1. The molecule has 1 amide bonds. The highest BCUT2D eigenvalue weighted by Crippen LogP contribution is 2.16. The van der Waals surface area contributed by atoms with Gasteiger partial charge < -0.3 is 15.8 Å². The van der Waals surface area contributed by atoms with E-state index in [-0.39, 0.29) is 18.5 Å². The number of carbonyl (C=O) groups is 1. The Morgan fingerprint density at radius 2 is 2.35 bits per heavy atom. The average Bonchev–Trinajstić information content (AvgIpc) is 2.29. The Labute approximate surface area is 100.0 Å². The summed E-state index contributed by atoms with van der Waals surface area (Å²) in [6.07, 6.45) is 0.0330. The van der Waals surface area contributed by atoms with E-state index in [9.17, 15) is 9.18 Å². The molecule has 1 atom stereocenters. The molecule has 0 fully saturated rings. The molecule has 94 valence electrons. The van der Waals surface area contributed by atoms with Crippen molar-refractivity contribution in [3.63, 3.8) is 0 Å². The lowest BCUT2D eigenvalue weighted by atomic mass is 10.0. The van der Waals surface area contributed by atoms with Crippen LogP contribution in [0.5, 0.6) is 0 Å². The van der Waals surface area contributed by atoms with Crippen LogP contribution in [0.3, 0.4) is 0 Å². The molecule has 1 aromatic carbocycles. The zero-order chi connectivity index (χ0) is 12.7. The fourth-order valence-corrected chi connectivity index (χ4v) is 1.61. The van der Waals surface area contributed by atoms with Crippen molar-refractivity contribution < 1.29 is 13.9 Å². The van der Waals surface area contributed by atoms with Crippen molar-refractivity contribution in [2.75, 3.05) is 13.2 Å². The van der Waals surface area contributed by atoms with Gasteiger partial charge in [-0.05, 0) is 24.1 Å². The minimum atomic E-state index is -0.786. The highest BCUT2D eigenvalue weighted by atomic mass is 19.1. The summed E-state index contributed by atoms with van der Waals surface area (Å²) in [7, 11) is 0. The van der Waals surface area contributed by atoms with Crippen molar-refractivity contribution in [2.24, 2.45) is 5.73 Å². The molecule has 0 saturated carbocycles. The van der Waals surface area contributed by atoms with Crippen molar-refractivity contribution in [1.29, 1.82) is 0 Å². The number of hydrogen-bond donors (Lipinski definition) is 2. The number of amides is 1. The van der Waals surface area contributed by atoms with Gasteiger partial charge in [0.25, 0.3) is 0 Å². The van der Waals surface area contributed by atoms with Crippen molar-refractivity contribution in [2.45, 2.75) is 19.4 Å². The van der Waals surface area contributed by atoms with Gasteiger partial charge >= 0.3 is 6.09 Å². The summed E-state index contributed by atoms with van der Waals surface area (Å²) in [5, 5.41) is 3.17. The normalized spacial score (nSPS) is 12.1. The van der Waals surface area contributed by atoms with E-state index in [2.05, 4.69) is 10.1 Å². The van der Waals surface area contributed by atoms with E-state index in [0.29, 0.717) is 6.54 Å². The smallest absolute Gasteiger partial charge is 0.404 e. The Hall–Kier alpha value is -1.62. The summed E-state index contributed by atoms with van der Waals surface area (Å²) in [4.78, 5) is 10.4. The van der Waals surface area contributed by atoms with Crippen molar-refractivity contribution >= 4 is 6.09 Å². The molecule has 0 spiro atoms. The van der Waals surface area contributed by atoms with Gasteiger partial charge in [0.05, 0.1) is 0 Å². The first-order valence-electron chi connectivity index (χ1n) is 5.54. The molecule has 1 unspecified atom stereocenters.